The summed E-state index contributed by atoms with van der Waals surface area (Å²) in [5.41, 5.74) is 15.9. The van der Waals surface area contributed by atoms with Gasteiger partial charge >= 0.3 is 0 Å². The standard InChI is InChI=1S/C54H38N2O/c1-3-12-37(13-4-1)38-22-28-42(29-23-38)55(45-34-35-53-50(36-45)49-19-11-18-46(54(49)57-53)41-14-5-2-6-15-41)43-30-24-39(25-31-43)40-26-32-44(33-27-40)56-51-20-9-7-16-47(51)48-17-8-10-21-52(48)56/h1-36,47,51H. The lowest BCUT2D eigenvalue weighted by Crippen LogP contribution is -2.28. The number of hydrogen-bond acceptors (Lipinski definition) is 3. The van der Waals surface area contributed by atoms with E-state index in [0.717, 1.165) is 50.1 Å². The molecule has 0 saturated carbocycles. The Labute approximate surface area is 332 Å². The van der Waals surface area contributed by atoms with Crippen LogP contribution in [0.25, 0.3) is 55.3 Å². The number of hydrogen-bond donors (Lipinski definition) is 0. The van der Waals surface area contributed by atoms with Gasteiger partial charge in [0.25, 0.3) is 0 Å². The number of rotatable bonds is 7. The van der Waals surface area contributed by atoms with Gasteiger partial charge in [-0.25, -0.2) is 0 Å². The molecule has 0 spiro atoms. The second-order valence-electron chi connectivity index (χ2n) is 14.9. The molecule has 57 heavy (non-hydrogen) atoms. The van der Waals surface area contributed by atoms with Crippen LogP contribution < -0.4 is 9.80 Å². The summed E-state index contributed by atoms with van der Waals surface area (Å²) in [5.74, 6) is 0.371. The summed E-state index contributed by atoms with van der Waals surface area (Å²) in [6.07, 6.45) is 9.01. The van der Waals surface area contributed by atoms with Crippen LogP contribution in [0.4, 0.5) is 28.4 Å². The minimum Gasteiger partial charge on any atom is -0.455 e. The van der Waals surface area contributed by atoms with Crippen molar-refractivity contribution >= 4 is 50.4 Å². The summed E-state index contributed by atoms with van der Waals surface area (Å²) < 4.78 is 6.57. The highest BCUT2D eigenvalue weighted by atomic mass is 16.3. The fourth-order valence-corrected chi connectivity index (χ4v) is 8.86. The lowest BCUT2D eigenvalue weighted by Gasteiger charge is -2.29. The van der Waals surface area contributed by atoms with E-state index in [2.05, 4.69) is 222 Å². The van der Waals surface area contributed by atoms with E-state index in [1.807, 2.05) is 6.07 Å². The van der Waals surface area contributed by atoms with Gasteiger partial charge in [-0.15, -0.1) is 0 Å². The van der Waals surface area contributed by atoms with Crippen LogP contribution in [0, 0.1) is 0 Å². The van der Waals surface area contributed by atoms with Gasteiger partial charge < -0.3 is 14.2 Å². The van der Waals surface area contributed by atoms with E-state index in [0.29, 0.717) is 5.92 Å². The molecule has 1 aromatic heterocycles. The van der Waals surface area contributed by atoms with Gasteiger partial charge in [0, 0.05) is 50.7 Å². The average molecular weight is 731 g/mol. The molecule has 2 aliphatic rings. The second-order valence-corrected chi connectivity index (χ2v) is 14.9. The number of nitrogens with zero attached hydrogens (tertiary/aromatic N) is 2. The number of para-hydroxylation sites is 2. The quantitative estimate of drug-likeness (QED) is 0.163. The first-order valence-electron chi connectivity index (χ1n) is 19.7. The monoisotopic (exact) mass is 730 g/mol. The van der Waals surface area contributed by atoms with Gasteiger partial charge in [-0.1, -0.05) is 158 Å². The van der Waals surface area contributed by atoms with Crippen molar-refractivity contribution < 1.29 is 4.42 Å². The Morgan fingerprint density at radius 3 is 1.72 bits per heavy atom. The summed E-state index contributed by atoms with van der Waals surface area (Å²) in [7, 11) is 0. The summed E-state index contributed by atoms with van der Waals surface area (Å²) >= 11 is 0. The normalized spacial score (nSPS) is 15.5. The molecule has 0 saturated heterocycles. The molecular weight excluding hydrogens is 693 g/mol. The smallest absolute Gasteiger partial charge is 0.143 e. The summed E-state index contributed by atoms with van der Waals surface area (Å²) in [6.45, 7) is 0. The van der Waals surface area contributed by atoms with Crippen molar-refractivity contribution in [3.05, 3.63) is 224 Å². The zero-order valence-corrected chi connectivity index (χ0v) is 31.2. The third kappa shape index (κ3) is 5.75. The van der Waals surface area contributed by atoms with Gasteiger partial charge in [0.15, 0.2) is 0 Å². The molecule has 1 aliphatic heterocycles. The Kier molecular flexibility index (Phi) is 7.96. The molecule has 11 rings (SSSR count). The van der Waals surface area contributed by atoms with Crippen LogP contribution in [0.2, 0.25) is 0 Å². The van der Waals surface area contributed by atoms with Crippen LogP contribution in [0.3, 0.4) is 0 Å². The highest BCUT2D eigenvalue weighted by molar-refractivity contribution is 6.10. The van der Waals surface area contributed by atoms with E-state index in [1.165, 1.54) is 39.2 Å². The van der Waals surface area contributed by atoms with Crippen LogP contribution >= 0.6 is 0 Å². The Balaban J connectivity index is 0.960. The SMILES string of the molecule is C1=CC2c3ccccc3N(c3ccc(-c4ccc(N(c5ccc(-c6ccccc6)cc5)c5ccc6oc7c(-c8ccccc8)cccc7c6c5)cc4)cc3)C2C=C1. The highest BCUT2D eigenvalue weighted by Crippen LogP contribution is 2.48. The van der Waals surface area contributed by atoms with Gasteiger partial charge in [0.1, 0.15) is 11.2 Å². The fraction of sp³-hybridized carbons (Fsp3) is 0.0370. The van der Waals surface area contributed by atoms with Crippen molar-refractivity contribution in [2.75, 3.05) is 9.80 Å². The van der Waals surface area contributed by atoms with Crippen LogP contribution in [-0.4, -0.2) is 6.04 Å². The lowest BCUT2D eigenvalue weighted by molar-refractivity contribution is 0.670. The van der Waals surface area contributed by atoms with E-state index >= 15 is 0 Å². The summed E-state index contributed by atoms with van der Waals surface area (Å²) in [5, 5.41) is 2.20. The Morgan fingerprint density at radius 2 is 1.02 bits per heavy atom. The number of benzene rings is 8. The largest absolute Gasteiger partial charge is 0.455 e. The number of furan rings is 1. The first kappa shape index (κ1) is 33.0. The molecule has 2 heterocycles. The van der Waals surface area contributed by atoms with Crippen LogP contribution in [0.1, 0.15) is 11.5 Å². The second kappa shape index (κ2) is 13.7. The molecule has 0 bridgehead atoms. The van der Waals surface area contributed by atoms with Crippen LogP contribution in [0.5, 0.6) is 0 Å². The molecule has 3 heteroatoms. The molecule has 0 radical (unpaired) electrons. The first-order chi connectivity index (χ1) is 28.3. The molecular formula is C54H38N2O. The predicted octanol–water partition coefficient (Wildman–Crippen LogP) is 14.8. The van der Waals surface area contributed by atoms with E-state index in [-0.39, 0.29) is 6.04 Å². The average Bonchev–Trinajstić information content (AvgIpc) is 3.83. The topological polar surface area (TPSA) is 19.6 Å². The molecule has 0 N–H and O–H groups in total. The van der Waals surface area contributed by atoms with Crippen LogP contribution in [0.15, 0.2) is 223 Å². The molecule has 2 unspecified atom stereocenters. The zero-order chi connectivity index (χ0) is 37.7. The van der Waals surface area contributed by atoms with Crippen molar-refractivity contribution in [1.29, 1.82) is 0 Å². The highest BCUT2D eigenvalue weighted by Gasteiger charge is 2.36. The molecule has 8 aromatic carbocycles. The zero-order valence-electron chi connectivity index (χ0n) is 31.2. The Hall–Kier alpha value is -7.36. The maximum atomic E-state index is 6.57. The first-order valence-corrected chi connectivity index (χ1v) is 19.7. The maximum Gasteiger partial charge on any atom is 0.143 e. The van der Waals surface area contributed by atoms with E-state index in [9.17, 15) is 0 Å². The molecule has 1 aliphatic carbocycles. The van der Waals surface area contributed by atoms with Crippen LogP contribution in [-0.2, 0) is 0 Å². The van der Waals surface area contributed by atoms with E-state index in [1.54, 1.807) is 0 Å². The molecule has 0 amide bonds. The minimum atomic E-state index is 0.287. The minimum absolute atomic E-state index is 0.287. The van der Waals surface area contributed by atoms with E-state index < -0.39 is 0 Å². The van der Waals surface area contributed by atoms with Gasteiger partial charge in [-0.2, -0.15) is 0 Å². The summed E-state index contributed by atoms with van der Waals surface area (Å²) in [4.78, 5) is 4.82. The third-order valence-corrected chi connectivity index (χ3v) is 11.6. The predicted molar refractivity (Wildman–Crippen MR) is 238 cm³/mol. The number of anilines is 5. The van der Waals surface area contributed by atoms with Gasteiger partial charge in [-0.05, 0) is 94.0 Å². The van der Waals surface area contributed by atoms with Crippen molar-refractivity contribution in [2.24, 2.45) is 0 Å². The Morgan fingerprint density at radius 1 is 0.439 bits per heavy atom. The fourth-order valence-electron chi connectivity index (χ4n) is 8.86. The molecule has 2 atom stereocenters. The van der Waals surface area contributed by atoms with E-state index in [4.69, 9.17) is 4.42 Å². The van der Waals surface area contributed by atoms with Crippen molar-refractivity contribution in [2.45, 2.75) is 12.0 Å². The lowest BCUT2D eigenvalue weighted by atomic mass is 9.91. The number of fused-ring (bicyclic) bond motifs is 6. The van der Waals surface area contributed by atoms with Gasteiger partial charge in [0.05, 0.1) is 6.04 Å². The third-order valence-electron chi connectivity index (χ3n) is 11.6. The molecule has 3 nitrogen and oxygen atoms in total. The Bertz CT molecular complexity index is 2940. The molecule has 9 aromatic rings. The summed E-state index contributed by atoms with van der Waals surface area (Å²) in [6, 6.07) is 70.0. The van der Waals surface area contributed by atoms with Crippen molar-refractivity contribution in [3.8, 4) is 33.4 Å². The maximum absolute atomic E-state index is 6.57. The van der Waals surface area contributed by atoms with Crippen molar-refractivity contribution in [1.82, 2.24) is 0 Å². The van der Waals surface area contributed by atoms with Gasteiger partial charge in [-0.3, -0.25) is 0 Å². The number of allylic oxidation sites excluding steroid dienone is 2. The molecule has 270 valence electrons. The van der Waals surface area contributed by atoms with Crippen molar-refractivity contribution in [3.63, 3.8) is 0 Å². The van der Waals surface area contributed by atoms with Gasteiger partial charge in [0.2, 0.25) is 0 Å². The molecule has 0 fully saturated rings.